The Morgan fingerprint density at radius 1 is 1.16 bits per heavy atom. The molecule has 32 heavy (non-hydrogen) atoms. The highest BCUT2D eigenvalue weighted by Gasteiger charge is 2.55. The predicted molar refractivity (Wildman–Crippen MR) is 126 cm³/mol. The second-order valence-electron chi connectivity index (χ2n) is 12.5. The number of aliphatic hydroxyl groups excluding tert-OH is 1. The molecule has 1 aliphatic heterocycles. The Morgan fingerprint density at radius 2 is 1.81 bits per heavy atom. The van der Waals surface area contributed by atoms with Crippen LogP contribution >= 0.6 is 0 Å². The number of carbonyl (C=O) groups is 2. The van der Waals surface area contributed by atoms with Gasteiger partial charge in [-0.3, -0.25) is 9.59 Å². The van der Waals surface area contributed by atoms with Gasteiger partial charge in [0.2, 0.25) is 0 Å². The lowest BCUT2D eigenvalue weighted by atomic mass is 9.52. The molecule has 0 bridgehead atoms. The molecule has 4 aliphatic rings. The summed E-state index contributed by atoms with van der Waals surface area (Å²) in [7, 11) is 0. The standard InChI is InChI=1S/C28H40O4/c1-15(2)22(29)21-23(30)18-13-17-10-9-16(3)19-14-26(4,5)20(19)11-12-28(17,8)32-25(18)27(6,7)24(21)31/h15,17,19-20,30H,3,9-14H2,1-2,4-8H3/t17-,19-,20-,28+/m1/s1. The Hall–Kier alpha value is -1.84. The zero-order valence-corrected chi connectivity index (χ0v) is 20.9. The molecule has 0 radical (unpaired) electrons. The molecule has 0 aromatic carbocycles. The van der Waals surface area contributed by atoms with Crippen molar-refractivity contribution in [1.82, 2.24) is 0 Å². The summed E-state index contributed by atoms with van der Waals surface area (Å²) in [6, 6.07) is 0. The smallest absolute Gasteiger partial charge is 0.183 e. The summed E-state index contributed by atoms with van der Waals surface area (Å²) < 4.78 is 6.75. The number of carbonyl (C=O) groups excluding carboxylic acids is 2. The van der Waals surface area contributed by atoms with Gasteiger partial charge in [0, 0.05) is 17.4 Å². The molecule has 4 atom stereocenters. The van der Waals surface area contributed by atoms with Gasteiger partial charge in [-0.15, -0.1) is 0 Å². The molecule has 0 amide bonds. The van der Waals surface area contributed by atoms with Crippen LogP contribution in [0.15, 0.2) is 34.8 Å². The Morgan fingerprint density at radius 3 is 2.41 bits per heavy atom. The first-order valence-corrected chi connectivity index (χ1v) is 12.3. The number of ether oxygens (including phenoxy) is 1. The molecule has 2 fully saturated rings. The van der Waals surface area contributed by atoms with Crippen LogP contribution in [0.25, 0.3) is 0 Å². The summed E-state index contributed by atoms with van der Waals surface area (Å²) in [4.78, 5) is 26.2. The lowest BCUT2D eigenvalue weighted by Gasteiger charge is -2.53. The first kappa shape index (κ1) is 23.3. The maximum absolute atomic E-state index is 13.4. The lowest BCUT2D eigenvalue weighted by molar-refractivity contribution is -0.134. The van der Waals surface area contributed by atoms with Crippen LogP contribution in [0.1, 0.15) is 87.0 Å². The fourth-order valence-corrected chi connectivity index (χ4v) is 6.75. The number of hydrogen-bond donors (Lipinski definition) is 1. The minimum Gasteiger partial charge on any atom is -0.507 e. The van der Waals surface area contributed by atoms with E-state index in [9.17, 15) is 14.7 Å². The number of aliphatic hydroxyl groups is 1. The van der Waals surface area contributed by atoms with Crippen LogP contribution < -0.4 is 0 Å². The molecule has 1 N–H and O–H groups in total. The van der Waals surface area contributed by atoms with Crippen LogP contribution in [0, 0.1) is 34.5 Å². The summed E-state index contributed by atoms with van der Waals surface area (Å²) in [6.45, 7) is 18.5. The third kappa shape index (κ3) is 3.31. The Labute approximate surface area is 193 Å². The summed E-state index contributed by atoms with van der Waals surface area (Å²) >= 11 is 0. The molecule has 0 aromatic rings. The van der Waals surface area contributed by atoms with Crippen LogP contribution in [0.5, 0.6) is 0 Å². The number of hydrogen-bond acceptors (Lipinski definition) is 4. The van der Waals surface area contributed by atoms with Crippen molar-refractivity contribution in [2.75, 3.05) is 0 Å². The zero-order valence-electron chi connectivity index (χ0n) is 20.9. The molecule has 0 unspecified atom stereocenters. The third-order valence-electron chi connectivity index (χ3n) is 9.10. The molecule has 176 valence electrons. The summed E-state index contributed by atoms with van der Waals surface area (Å²) in [6.07, 6.45) is 5.77. The van der Waals surface area contributed by atoms with Crippen molar-refractivity contribution >= 4 is 11.6 Å². The average Bonchev–Trinajstić information content (AvgIpc) is 2.73. The van der Waals surface area contributed by atoms with E-state index in [0.717, 1.165) is 25.7 Å². The number of Topliss-reactive ketones (excluding diaryl/α,β-unsaturated/α-hetero) is 2. The van der Waals surface area contributed by atoms with E-state index in [-0.39, 0.29) is 34.7 Å². The molecule has 4 heteroatoms. The molecule has 0 saturated heterocycles. The van der Waals surface area contributed by atoms with E-state index in [2.05, 4.69) is 27.4 Å². The topological polar surface area (TPSA) is 63.6 Å². The SMILES string of the molecule is C=C1CC[C@@H]2CC3=C(O[C@@]2(C)CC[C@@H]2[C@@H]1CC2(C)C)C(C)(C)C(=O)C(C(=O)C(C)C)=C3O. The maximum atomic E-state index is 13.4. The third-order valence-corrected chi connectivity index (χ3v) is 9.10. The van der Waals surface area contributed by atoms with Crippen LogP contribution in [0.2, 0.25) is 0 Å². The normalized spacial score (nSPS) is 36.2. The van der Waals surface area contributed by atoms with Gasteiger partial charge in [0.15, 0.2) is 11.6 Å². The van der Waals surface area contributed by atoms with E-state index < -0.39 is 11.0 Å². The molecule has 4 nitrogen and oxygen atoms in total. The van der Waals surface area contributed by atoms with E-state index in [1.54, 1.807) is 13.8 Å². The first-order chi connectivity index (χ1) is 14.7. The van der Waals surface area contributed by atoms with Gasteiger partial charge in [-0.05, 0) is 76.5 Å². The van der Waals surface area contributed by atoms with E-state index in [4.69, 9.17) is 4.74 Å². The summed E-state index contributed by atoms with van der Waals surface area (Å²) in [5.74, 6) is 0.878. The van der Waals surface area contributed by atoms with Gasteiger partial charge in [0.1, 0.15) is 22.7 Å². The molecule has 0 spiro atoms. The molecule has 3 aliphatic carbocycles. The van der Waals surface area contributed by atoms with Crippen LogP contribution in [-0.2, 0) is 14.3 Å². The van der Waals surface area contributed by atoms with Crippen LogP contribution in [-0.4, -0.2) is 22.3 Å². The fraction of sp³-hybridized carbons (Fsp3) is 0.714. The fourth-order valence-electron chi connectivity index (χ4n) is 6.75. The van der Waals surface area contributed by atoms with Gasteiger partial charge in [-0.2, -0.15) is 0 Å². The van der Waals surface area contributed by atoms with Gasteiger partial charge in [0.05, 0.1) is 5.41 Å². The van der Waals surface area contributed by atoms with Gasteiger partial charge < -0.3 is 9.84 Å². The zero-order chi connectivity index (χ0) is 23.8. The lowest BCUT2D eigenvalue weighted by Crippen LogP contribution is -2.49. The second-order valence-corrected chi connectivity index (χ2v) is 12.5. The van der Waals surface area contributed by atoms with E-state index in [1.807, 2.05) is 13.8 Å². The van der Waals surface area contributed by atoms with Crippen molar-refractivity contribution < 1.29 is 19.4 Å². The minimum atomic E-state index is -0.963. The van der Waals surface area contributed by atoms with Crippen molar-refractivity contribution in [1.29, 1.82) is 0 Å². The monoisotopic (exact) mass is 440 g/mol. The molecule has 1 heterocycles. The van der Waals surface area contributed by atoms with Crippen molar-refractivity contribution in [2.45, 2.75) is 92.6 Å². The van der Waals surface area contributed by atoms with Gasteiger partial charge in [0.25, 0.3) is 0 Å². The Balaban J connectivity index is 1.75. The van der Waals surface area contributed by atoms with Crippen LogP contribution in [0.4, 0.5) is 0 Å². The van der Waals surface area contributed by atoms with Crippen LogP contribution in [0.3, 0.4) is 0 Å². The van der Waals surface area contributed by atoms with E-state index in [1.165, 1.54) is 12.0 Å². The largest absolute Gasteiger partial charge is 0.507 e. The highest BCUT2D eigenvalue weighted by atomic mass is 16.5. The maximum Gasteiger partial charge on any atom is 0.183 e. The minimum absolute atomic E-state index is 0.0387. The van der Waals surface area contributed by atoms with Gasteiger partial charge in [-0.1, -0.05) is 39.8 Å². The predicted octanol–water partition coefficient (Wildman–Crippen LogP) is 6.47. The Kier molecular flexibility index (Phi) is 5.34. The first-order valence-electron chi connectivity index (χ1n) is 12.3. The summed E-state index contributed by atoms with van der Waals surface area (Å²) in [5.41, 5.74) is 0.952. The molecule has 2 saturated carbocycles. The van der Waals surface area contributed by atoms with Crippen molar-refractivity contribution in [3.63, 3.8) is 0 Å². The molecule has 4 rings (SSSR count). The van der Waals surface area contributed by atoms with Crippen molar-refractivity contribution in [3.8, 4) is 0 Å². The molecule has 0 aromatic heterocycles. The number of fused-ring (bicyclic) bond motifs is 2. The number of allylic oxidation sites excluding steroid dienone is 4. The summed E-state index contributed by atoms with van der Waals surface area (Å²) in [5, 5.41) is 11.1. The quantitative estimate of drug-likeness (QED) is 0.394. The van der Waals surface area contributed by atoms with E-state index >= 15 is 0 Å². The van der Waals surface area contributed by atoms with Crippen molar-refractivity contribution in [3.05, 3.63) is 34.8 Å². The van der Waals surface area contributed by atoms with Gasteiger partial charge in [-0.25, -0.2) is 0 Å². The van der Waals surface area contributed by atoms with E-state index in [0.29, 0.717) is 35.0 Å². The molecular formula is C28H40O4. The Bertz CT molecular complexity index is 944. The van der Waals surface area contributed by atoms with Crippen molar-refractivity contribution in [2.24, 2.45) is 34.5 Å². The average molecular weight is 441 g/mol. The second kappa shape index (κ2) is 7.33. The highest BCUT2D eigenvalue weighted by molar-refractivity contribution is 6.24. The number of ketones is 2. The molecular weight excluding hydrogens is 400 g/mol. The van der Waals surface area contributed by atoms with Gasteiger partial charge >= 0.3 is 0 Å². The number of rotatable bonds is 2. The highest BCUT2D eigenvalue weighted by Crippen LogP contribution is 2.59.